The Bertz CT molecular complexity index is 1310. The lowest BCUT2D eigenvalue weighted by molar-refractivity contribution is 0.102. The summed E-state index contributed by atoms with van der Waals surface area (Å²) < 4.78 is 53.4. The number of anilines is 1. The smallest absolute Gasteiger partial charge is 0.257 e. The van der Waals surface area contributed by atoms with Crippen LogP contribution in [0.15, 0.2) is 53.6 Å². The first-order chi connectivity index (χ1) is 16.1. The van der Waals surface area contributed by atoms with E-state index in [9.17, 15) is 22.0 Å². The van der Waals surface area contributed by atoms with Crippen LogP contribution in [0.25, 0.3) is 11.3 Å². The molecule has 1 aliphatic rings. The van der Waals surface area contributed by atoms with E-state index in [1.807, 2.05) is 4.57 Å². The van der Waals surface area contributed by atoms with Crippen molar-refractivity contribution in [1.29, 1.82) is 0 Å². The summed E-state index contributed by atoms with van der Waals surface area (Å²) in [5, 5.41) is 2.78. The minimum atomic E-state index is -3.34. The van der Waals surface area contributed by atoms with Crippen LogP contribution in [0.2, 0.25) is 0 Å². The Morgan fingerprint density at radius 2 is 1.71 bits per heavy atom. The fraction of sp³-hybridized carbons (Fsp3) is 0.320. The Morgan fingerprint density at radius 3 is 2.32 bits per heavy atom. The monoisotopic (exact) mass is 487 g/mol. The number of nitrogens with zero attached hydrogens (tertiary/aromatic N) is 2. The molecular weight excluding hydrogens is 460 g/mol. The van der Waals surface area contributed by atoms with E-state index in [4.69, 9.17) is 0 Å². The zero-order chi connectivity index (χ0) is 24.5. The summed E-state index contributed by atoms with van der Waals surface area (Å²) in [5.74, 6) is -1.75. The zero-order valence-corrected chi connectivity index (χ0v) is 20.0. The normalized spacial score (nSPS) is 14.5. The maximum atomic E-state index is 14.7. The molecule has 180 valence electrons. The zero-order valence-electron chi connectivity index (χ0n) is 19.1. The third kappa shape index (κ3) is 5.20. The van der Waals surface area contributed by atoms with Gasteiger partial charge in [-0.1, -0.05) is 0 Å². The van der Waals surface area contributed by atoms with Crippen LogP contribution >= 0.6 is 0 Å². The summed E-state index contributed by atoms with van der Waals surface area (Å²) in [6.45, 7) is 5.09. The summed E-state index contributed by atoms with van der Waals surface area (Å²) >= 11 is 0. The maximum absolute atomic E-state index is 14.7. The highest BCUT2D eigenvalue weighted by atomic mass is 32.2. The molecule has 3 aromatic rings. The molecule has 34 heavy (non-hydrogen) atoms. The van der Waals surface area contributed by atoms with E-state index < -0.39 is 27.4 Å². The number of sulfone groups is 1. The SMILES string of the molecule is Cc1c(C(=O)Nc2ccc(S(C)(=O)=O)cc2)cn(CCN2CCCC2)c1-c1ccc(F)cc1F. The average Bonchev–Trinajstić information content (AvgIpc) is 3.40. The highest BCUT2D eigenvalue weighted by molar-refractivity contribution is 7.90. The molecule has 2 aromatic carbocycles. The summed E-state index contributed by atoms with van der Waals surface area (Å²) in [6.07, 6.45) is 5.11. The van der Waals surface area contributed by atoms with Crippen molar-refractivity contribution in [3.8, 4) is 11.3 Å². The molecule has 0 spiro atoms. The molecule has 0 saturated carbocycles. The molecule has 2 heterocycles. The Balaban J connectivity index is 1.65. The molecule has 1 saturated heterocycles. The van der Waals surface area contributed by atoms with Crippen molar-refractivity contribution in [2.24, 2.45) is 0 Å². The van der Waals surface area contributed by atoms with Crippen LogP contribution in [0.3, 0.4) is 0 Å². The minimum Gasteiger partial charge on any atom is -0.345 e. The first-order valence-corrected chi connectivity index (χ1v) is 13.0. The number of aromatic nitrogens is 1. The Hall–Kier alpha value is -3.04. The molecule has 0 unspecified atom stereocenters. The van der Waals surface area contributed by atoms with Crippen LogP contribution in [0, 0.1) is 18.6 Å². The first-order valence-electron chi connectivity index (χ1n) is 11.1. The van der Waals surface area contributed by atoms with Gasteiger partial charge in [0, 0.05) is 42.9 Å². The van der Waals surface area contributed by atoms with Crippen molar-refractivity contribution in [2.75, 3.05) is 31.2 Å². The van der Waals surface area contributed by atoms with Gasteiger partial charge in [0.05, 0.1) is 16.2 Å². The van der Waals surface area contributed by atoms with Crippen LogP contribution in [0.5, 0.6) is 0 Å². The van der Waals surface area contributed by atoms with E-state index >= 15 is 0 Å². The first kappa shape index (κ1) is 24.1. The van der Waals surface area contributed by atoms with Crippen LogP contribution in [0.1, 0.15) is 28.8 Å². The minimum absolute atomic E-state index is 0.156. The van der Waals surface area contributed by atoms with Gasteiger partial charge in [-0.3, -0.25) is 4.79 Å². The lowest BCUT2D eigenvalue weighted by Gasteiger charge is -2.17. The number of nitrogens with one attached hydrogen (secondary N) is 1. The second-order valence-electron chi connectivity index (χ2n) is 8.63. The number of halogens is 2. The van der Waals surface area contributed by atoms with Gasteiger partial charge in [-0.2, -0.15) is 0 Å². The maximum Gasteiger partial charge on any atom is 0.257 e. The molecule has 1 amide bonds. The molecule has 1 aromatic heterocycles. The number of rotatable bonds is 7. The van der Waals surface area contributed by atoms with Gasteiger partial charge in [-0.15, -0.1) is 0 Å². The molecule has 0 atom stereocenters. The molecule has 6 nitrogen and oxygen atoms in total. The fourth-order valence-corrected chi connectivity index (χ4v) is 4.97. The summed E-state index contributed by atoms with van der Waals surface area (Å²) in [4.78, 5) is 15.6. The predicted octanol–water partition coefficient (Wildman–Crippen LogP) is 4.49. The predicted molar refractivity (Wildman–Crippen MR) is 128 cm³/mol. The van der Waals surface area contributed by atoms with E-state index in [0.717, 1.165) is 44.8 Å². The van der Waals surface area contributed by atoms with E-state index in [1.54, 1.807) is 13.1 Å². The molecule has 9 heteroatoms. The molecule has 0 bridgehead atoms. The van der Waals surface area contributed by atoms with Gasteiger partial charge >= 0.3 is 0 Å². The largest absolute Gasteiger partial charge is 0.345 e. The average molecular weight is 488 g/mol. The van der Waals surface area contributed by atoms with E-state index in [1.165, 1.54) is 36.4 Å². The number of carbonyl (C=O) groups is 1. The van der Waals surface area contributed by atoms with Crippen LogP contribution in [-0.4, -0.2) is 49.7 Å². The molecule has 0 aliphatic carbocycles. The van der Waals surface area contributed by atoms with Gasteiger partial charge in [-0.25, -0.2) is 17.2 Å². The van der Waals surface area contributed by atoms with Crippen molar-refractivity contribution < 1.29 is 22.0 Å². The summed E-state index contributed by atoms with van der Waals surface area (Å²) in [6, 6.07) is 9.35. The van der Waals surface area contributed by atoms with Crippen LogP contribution in [-0.2, 0) is 16.4 Å². The molecule has 1 N–H and O–H groups in total. The Labute approximate surface area is 198 Å². The lowest BCUT2D eigenvalue weighted by atomic mass is 10.0. The van der Waals surface area contributed by atoms with Gasteiger partial charge in [-0.05, 0) is 74.8 Å². The van der Waals surface area contributed by atoms with E-state index in [-0.39, 0.29) is 10.5 Å². The molecule has 4 rings (SSSR count). The number of amides is 1. The van der Waals surface area contributed by atoms with Gasteiger partial charge in [0.1, 0.15) is 11.6 Å². The van der Waals surface area contributed by atoms with Crippen molar-refractivity contribution in [2.45, 2.75) is 31.2 Å². The number of benzene rings is 2. The quantitative estimate of drug-likeness (QED) is 0.533. The number of hydrogen-bond acceptors (Lipinski definition) is 4. The van der Waals surface area contributed by atoms with Crippen LogP contribution < -0.4 is 5.32 Å². The van der Waals surface area contributed by atoms with E-state index in [0.29, 0.717) is 29.1 Å². The third-order valence-electron chi connectivity index (χ3n) is 6.16. The summed E-state index contributed by atoms with van der Waals surface area (Å²) in [7, 11) is -3.34. The second kappa shape index (κ2) is 9.68. The molecule has 1 aliphatic heterocycles. The molecular formula is C25H27F2N3O3S. The highest BCUT2D eigenvalue weighted by Gasteiger charge is 2.22. The van der Waals surface area contributed by atoms with Crippen molar-refractivity contribution in [1.82, 2.24) is 9.47 Å². The van der Waals surface area contributed by atoms with Crippen molar-refractivity contribution in [3.05, 3.63) is 71.4 Å². The summed E-state index contributed by atoms with van der Waals surface area (Å²) in [5.41, 5.74) is 2.16. The number of hydrogen-bond donors (Lipinski definition) is 1. The molecule has 0 radical (unpaired) electrons. The fourth-order valence-electron chi connectivity index (χ4n) is 4.34. The highest BCUT2D eigenvalue weighted by Crippen LogP contribution is 2.31. The van der Waals surface area contributed by atoms with Gasteiger partial charge in [0.2, 0.25) is 0 Å². The number of likely N-dealkylation sites (tertiary alicyclic amines) is 1. The topological polar surface area (TPSA) is 71.4 Å². The van der Waals surface area contributed by atoms with Crippen molar-refractivity contribution in [3.63, 3.8) is 0 Å². The van der Waals surface area contributed by atoms with Gasteiger partial charge < -0.3 is 14.8 Å². The Kier molecular flexibility index (Phi) is 6.86. The van der Waals surface area contributed by atoms with Gasteiger partial charge in [0.25, 0.3) is 5.91 Å². The third-order valence-corrected chi connectivity index (χ3v) is 7.29. The van der Waals surface area contributed by atoms with Gasteiger partial charge in [0.15, 0.2) is 9.84 Å². The Morgan fingerprint density at radius 1 is 1.03 bits per heavy atom. The van der Waals surface area contributed by atoms with Crippen LogP contribution in [0.4, 0.5) is 14.5 Å². The molecule has 1 fully saturated rings. The lowest BCUT2D eigenvalue weighted by Crippen LogP contribution is -2.24. The second-order valence-corrected chi connectivity index (χ2v) is 10.6. The van der Waals surface area contributed by atoms with E-state index in [2.05, 4.69) is 10.2 Å². The standard InChI is InChI=1S/C25H27F2N3O3S/c1-17-22(25(31)28-19-6-8-20(9-7-19)34(2,32)33)16-30(14-13-29-11-3-4-12-29)24(17)21-10-5-18(26)15-23(21)27/h5-10,15-16H,3-4,11-14H2,1-2H3,(H,28,31). The van der Waals surface area contributed by atoms with Crippen molar-refractivity contribution >= 4 is 21.4 Å². The number of carbonyl (C=O) groups excluding carboxylic acids is 1.